The van der Waals surface area contributed by atoms with E-state index in [1.165, 1.54) is 12.1 Å². The van der Waals surface area contributed by atoms with Crippen LogP contribution in [0, 0.1) is 5.82 Å². The van der Waals surface area contributed by atoms with Gasteiger partial charge < -0.3 is 14.1 Å². The highest BCUT2D eigenvalue weighted by atomic mass is 19.1. The number of benzene rings is 2. The number of ether oxygens (including phenoxy) is 1. The zero-order valence-corrected chi connectivity index (χ0v) is 19.9. The monoisotopic (exact) mass is 509 g/mol. The minimum absolute atomic E-state index is 0.145. The molecule has 1 saturated heterocycles. The second-order valence-corrected chi connectivity index (χ2v) is 8.24. The smallest absolute Gasteiger partial charge is 0.349 e. The van der Waals surface area contributed by atoms with Crippen molar-refractivity contribution in [2.75, 3.05) is 19.7 Å². The number of amides is 2. The van der Waals surface area contributed by atoms with Crippen molar-refractivity contribution in [1.29, 1.82) is 0 Å². The number of hydrogen-bond donors (Lipinski definition) is 1. The van der Waals surface area contributed by atoms with Gasteiger partial charge in [-0.1, -0.05) is 17.3 Å². The molecule has 192 valence electrons. The van der Waals surface area contributed by atoms with Crippen LogP contribution in [0.5, 0.6) is 0 Å². The van der Waals surface area contributed by atoms with Crippen molar-refractivity contribution in [3.8, 4) is 0 Å². The first-order valence-electron chi connectivity index (χ1n) is 11.7. The summed E-state index contributed by atoms with van der Waals surface area (Å²) in [4.78, 5) is 50.0. The summed E-state index contributed by atoms with van der Waals surface area (Å²) in [6, 6.07) is 11.1. The largest absolute Gasteiger partial charge is 0.463 e. The molecule has 5 rings (SSSR count). The van der Waals surface area contributed by atoms with Crippen LogP contribution in [0.2, 0.25) is 0 Å². The topological polar surface area (TPSA) is 128 Å². The zero-order valence-electron chi connectivity index (χ0n) is 19.9. The first kappa shape index (κ1) is 25.7. The molecule has 0 radical (unpaired) electrons. The molecule has 2 aliphatic rings. The van der Waals surface area contributed by atoms with Crippen LogP contribution in [0.3, 0.4) is 0 Å². The molecule has 2 aliphatic heterocycles. The second-order valence-electron chi connectivity index (χ2n) is 8.24. The van der Waals surface area contributed by atoms with Gasteiger partial charge in [-0.2, -0.15) is 0 Å². The minimum atomic E-state index is -0.626. The minimum Gasteiger partial charge on any atom is -0.463 e. The van der Waals surface area contributed by atoms with Gasteiger partial charge in [-0.15, -0.1) is 5.06 Å². The predicted octanol–water partition coefficient (Wildman–Crippen LogP) is 3.29. The van der Waals surface area contributed by atoms with Gasteiger partial charge in [-0.3, -0.25) is 14.9 Å². The van der Waals surface area contributed by atoms with Crippen LogP contribution in [0.15, 0.2) is 59.1 Å². The lowest BCUT2D eigenvalue weighted by atomic mass is 9.92. The highest BCUT2D eigenvalue weighted by Crippen LogP contribution is 2.32. The number of aromatic nitrogens is 1. The van der Waals surface area contributed by atoms with Crippen molar-refractivity contribution in [3.05, 3.63) is 77.3 Å². The lowest BCUT2D eigenvalue weighted by molar-refractivity contribution is -0.189. The van der Waals surface area contributed by atoms with Gasteiger partial charge in [0.05, 0.1) is 23.4 Å². The Kier molecular flexibility index (Phi) is 8.04. The van der Waals surface area contributed by atoms with Crippen molar-refractivity contribution < 1.29 is 37.7 Å². The Morgan fingerprint density at radius 1 is 1.08 bits per heavy atom. The van der Waals surface area contributed by atoms with E-state index in [1.54, 1.807) is 42.3 Å². The van der Waals surface area contributed by atoms with Gasteiger partial charge >= 0.3 is 11.9 Å². The van der Waals surface area contributed by atoms with Crippen molar-refractivity contribution in [2.45, 2.75) is 25.7 Å². The molecule has 2 aromatic carbocycles. The number of nitrogens with zero attached hydrogens (tertiary/aromatic N) is 2. The standard InChI is InChI=1S/C18H19FN2O5.C8H5NO2/c1-2-24-16(22)5-6-17(23)26-21-9-7-12(8-10-21)18-14-4-3-13(19)11-15(14)25-20-18;10-7-5-3-1-2-4-6(5)8(11)9-7/h3-6,11-12H,2,7-10H2,1H3;1-4H,(H,9,10,11)/b6-5+;. The van der Waals surface area contributed by atoms with Crippen LogP contribution in [-0.2, 0) is 19.2 Å². The quantitative estimate of drug-likeness (QED) is 0.313. The molecule has 0 spiro atoms. The van der Waals surface area contributed by atoms with Crippen molar-refractivity contribution in [1.82, 2.24) is 15.5 Å². The van der Waals surface area contributed by atoms with E-state index in [1.807, 2.05) is 0 Å². The summed E-state index contributed by atoms with van der Waals surface area (Å²) in [6.07, 6.45) is 3.52. The molecule has 3 heterocycles. The van der Waals surface area contributed by atoms with E-state index in [9.17, 15) is 23.6 Å². The normalized spacial score (nSPS) is 15.7. The average Bonchev–Trinajstić information content (AvgIpc) is 3.44. The molecule has 0 aliphatic carbocycles. The van der Waals surface area contributed by atoms with Gasteiger partial charge in [0, 0.05) is 42.6 Å². The van der Waals surface area contributed by atoms with E-state index in [2.05, 4.69) is 10.5 Å². The number of halogens is 1. The molecule has 0 atom stereocenters. The molecule has 0 saturated carbocycles. The summed E-state index contributed by atoms with van der Waals surface area (Å²) >= 11 is 0. The number of hydrogen-bond acceptors (Lipinski definition) is 9. The summed E-state index contributed by atoms with van der Waals surface area (Å²) < 4.78 is 23.1. The number of piperidine rings is 1. The van der Waals surface area contributed by atoms with Gasteiger partial charge in [-0.05, 0) is 44.0 Å². The number of imide groups is 1. The summed E-state index contributed by atoms with van der Waals surface area (Å²) in [5, 5.41) is 8.64. The second kappa shape index (κ2) is 11.6. The van der Waals surface area contributed by atoms with Gasteiger partial charge in [0.2, 0.25) is 0 Å². The van der Waals surface area contributed by atoms with Gasteiger partial charge in [0.15, 0.2) is 5.58 Å². The zero-order chi connectivity index (χ0) is 26.4. The Labute approximate surface area is 210 Å². The summed E-state index contributed by atoms with van der Waals surface area (Å²) in [6.45, 7) is 2.98. The SMILES string of the molecule is CCOC(=O)/C=C/C(=O)ON1CCC(c2noc3cc(F)ccc23)CC1.O=C1NC(=O)c2ccccc21. The Hall–Kier alpha value is -4.38. The Bertz CT molecular complexity index is 1330. The van der Waals surface area contributed by atoms with Crippen LogP contribution >= 0.6 is 0 Å². The lowest BCUT2D eigenvalue weighted by Crippen LogP contribution is -2.34. The average molecular weight is 509 g/mol. The number of carbonyl (C=O) groups is 4. The fourth-order valence-corrected chi connectivity index (χ4v) is 4.05. The van der Waals surface area contributed by atoms with Crippen molar-refractivity contribution in [3.63, 3.8) is 0 Å². The third-order valence-electron chi connectivity index (χ3n) is 5.81. The van der Waals surface area contributed by atoms with E-state index in [0.717, 1.165) is 23.2 Å². The van der Waals surface area contributed by atoms with Crippen molar-refractivity contribution in [2.24, 2.45) is 0 Å². The van der Waals surface area contributed by atoms with E-state index in [4.69, 9.17) is 14.1 Å². The maximum atomic E-state index is 13.2. The number of hydroxylamine groups is 2. The lowest BCUT2D eigenvalue weighted by Gasteiger charge is -2.29. The fraction of sp³-hybridized carbons (Fsp3) is 0.269. The Balaban J connectivity index is 0.000000241. The molecular weight excluding hydrogens is 485 g/mol. The number of rotatable bonds is 5. The molecule has 1 aromatic heterocycles. The maximum absolute atomic E-state index is 13.2. The van der Waals surface area contributed by atoms with E-state index < -0.39 is 11.9 Å². The van der Waals surface area contributed by atoms with Gasteiger partial charge in [-0.25, -0.2) is 14.0 Å². The first-order valence-corrected chi connectivity index (χ1v) is 11.7. The molecule has 37 heavy (non-hydrogen) atoms. The predicted molar refractivity (Wildman–Crippen MR) is 128 cm³/mol. The number of fused-ring (bicyclic) bond motifs is 2. The Morgan fingerprint density at radius 2 is 1.73 bits per heavy atom. The number of carbonyl (C=O) groups excluding carboxylic acids is 4. The molecule has 1 fully saturated rings. The summed E-state index contributed by atoms with van der Waals surface area (Å²) in [5.41, 5.74) is 2.17. The molecule has 0 bridgehead atoms. The number of esters is 1. The number of nitrogens with one attached hydrogen (secondary N) is 1. The van der Waals surface area contributed by atoms with Gasteiger partial charge in [0.1, 0.15) is 5.82 Å². The first-order chi connectivity index (χ1) is 17.9. The molecule has 10 nitrogen and oxygen atoms in total. The molecule has 1 N–H and O–H groups in total. The van der Waals surface area contributed by atoms with Crippen molar-refractivity contribution >= 4 is 34.7 Å². The van der Waals surface area contributed by atoms with Crippen LogP contribution in [0.1, 0.15) is 52.1 Å². The molecule has 11 heteroatoms. The summed E-state index contributed by atoms with van der Waals surface area (Å²) in [5.74, 6) is -2.03. The fourth-order valence-electron chi connectivity index (χ4n) is 4.05. The van der Waals surface area contributed by atoms with Crippen LogP contribution in [0.25, 0.3) is 11.0 Å². The van der Waals surface area contributed by atoms with Crippen LogP contribution < -0.4 is 5.32 Å². The van der Waals surface area contributed by atoms with E-state index in [0.29, 0.717) is 42.6 Å². The van der Waals surface area contributed by atoms with Crippen LogP contribution in [0.4, 0.5) is 4.39 Å². The highest BCUT2D eigenvalue weighted by Gasteiger charge is 2.27. The molecule has 2 amide bonds. The summed E-state index contributed by atoms with van der Waals surface area (Å²) in [7, 11) is 0. The maximum Gasteiger partial charge on any atom is 0.349 e. The van der Waals surface area contributed by atoms with Crippen LogP contribution in [-0.4, -0.2) is 53.7 Å². The van der Waals surface area contributed by atoms with E-state index >= 15 is 0 Å². The molecule has 0 unspecified atom stereocenters. The molecular formula is C26H24FN3O7. The Morgan fingerprint density at radius 3 is 2.38 bits per heavy atom. The highest BCUT2D eigenvalue weighted by molar-refractivity contribution is 6.21. The van der Waals surface area contributed by atoms with Gasteiger partial charge in [0.25, 0.3) is 11.8 Å². The molecule has 3 aromatic rings. The van der Waals surface area contributed by atoms with E-state index in [-0.39, 0.29) is 30.2 Å². The third-order valence-corrected chi connectivity index (χ3v) is 5.81. The third kappa shape index (κ3) is 6.25.